The van der Waals surface area contributed by atoms with E-state index in [1.807, 2.05) is 66.7 Å². The fourth-order valence-electron chi connectivity index (χ4n) is 3.32. The van der Waals surface area contributed by atoms with Crippen LogP contribution in [0, 0.1) is 0 Å². The van der Waals surface area contributed by atoms with Gasteiger partial charge in [0.1, 0.15) is 10.6 Å². The van der Waals surface area contributed by atoms with Gasteiger partial charge in [-0.05, 0) is 29.3 Å². The van der Waals surface area contributed by atoms with Crippen molar-refractivity contribution in [3.05, 3.63) is 101 Å². The van der Waals surface area contributed by atoms with Crippen LogP contribution in [0.15, 0.2) is 78.9 Å². The molecule has 1 N–H and O–H groups in total. The molecule has 4 rings (SSSR count). The molecule has 0 unspecified atom stereocenters. The molecule has 0 spiro atoms. The molecule has 1 aliphatic heterocycles. The van der Waals surface area contributed by atoms with E-state index < -0.39 is 4.87 Å². The number of carbonyl (C=O) groups is 1. The van der Waals surface area contributed by atoms with Crippen molar-refractivity contribution in [3.8, 4) is 5.75 Å². The molecule has 1 amide bonds. The molecular weight excluding hydrogens is 342 g/mol. The zero-order valence-corrected chi connectivity index (χ0v) is 15.3. The van der Waals surface area contributed by atoms with Crippen molar-refractivity contribution in [1.29, 1.82) is 0 Å². The average molecular weight is 361 g/mol. The van der Waals surface area contributed by atoms with Crippen LogP contribution in [0.5, 0.6) is 5.75 Å². The Labute approximate surface area is 157 Å². The van der Waals surface area contributed by atoms with Crippen LogP contribution in [0.2, 0.25) is 0 Å². The average Bonchev–Trinajstić information content (AvgIpc) is 3.01. The second kappa shape index (κ2) is 6.89. The first kappa shape index (κ1) is 16.7. The standard InChI is InChI=1S/C22H19NO2S/c1-25-18-11-7-10-17(14-18)22(26-15-16-8-3-2-4-9-16)20-13-6-5-12-19(20)21(24)23-22/h2-14H,15H2,1H3,(H,23,24)/t22-/m1/s1. The number of thioether (sulfide) groups is 1. The summed E-state index contributed by atoms with van der Waals surface area (Å²) in [5.41, 5.74) is 3.96. The molecule has 0 radical (unpaired) electrons. The molecule has 26 heavy (non-hydrogen) atoms. The molecule has 0 saturated carbocycles. The number of hydrogen-bond donors (Lipinski definition) is 1. The van der Waals surface area contributed by atoms with Gasteiger partial charge >= 0.3 is 0 Å². The summed E-state index contributed by atoms with van der Waals surface area (Å²) in [6.07, 6.45) is 0. The van der Waals surface area contributed by atoms with Crippen LogP contribution in [0.4, 0.5) is 0 Å². The second-order valence-corrected chi connectivity index (χ2v) is 7.38. The third-order valence-corrected chi connectivity index (χ3v) is 6.08. The van der Waals surface area contributed by atoms with Gasteiger partial charge in [0.2, 0.25) is 0 Å². The minimum atomic E-state index is -0.627. The molecule has 1 atom stereocenters. The molecule has 1 aliphatic rings. The number of ether oxygens (including phenoxy) is 1. The van der Waals surface area contributed by atoms with E-state index in [-0.39, 0.29) is 5.91 Å². The molecule has 3 nitrogen and oxygen atoms in total. The Morgan fingerprint density at radius 1 is 0.962 bits per heavy atom. The third-order valence-electron chi connectivity index (χ3n) is 4.61. The van der Waals surface area contributed by atoms with Crippen LogP contribution < -0.4 is 10.1 Å². The highest BCUT2D eigenvalue weighted by atomic mass is 32.2. The molecular formula is C22H19NO2S. The molecule has 0 bridgehead atoms. The van der Waals surface area contributed by atoms with Gasteiger partial charge in [-0.25, -0.2) is 0 Å². The van der Waals surface area contributed by atoms with Crippen LogP contribution in [-0.4, -0.2) is 13.0 Å². The summed E-state index contributed by atoms with van der Waals surface area (Å²) in [6, 6.07) is 26.0. The van der Waals surface area contributed by atoms with Gasteiger partial charge in [-0.3, -0.25) is 4.79 Å². The number of rotatable bonds is 5. The SMILES string of the molecule is COc1cccc([C@]2(SCc3ccccc3)NC(=O)c3ccccc32)c1. The Balaban J connectivity index is 1.81. The quantitative estimate of drug-likeness (QED) is 0.723. The third kappa shape index (κ3) is 2.86. The Morgan fingerprint density at radius 3 is 2.54 bits per heavy atom. The summed E-state index contributed by atoms with van der Waals surface area (Å²) in [7, 11) is 1.66. The number of methoxy groups -OCH3 is 1. The summed E-state index contributed by atoms with van der Waals surface area (Å²) in [4.78, 5) is 12.0. The first-order valence-electron chi connectivity index (χ1n) is 8.47. The van der Waals surface area contributed by atoms with E-state index >= 15 is 0 Å². The molecule has 3 aromatic carbocycles. The molecule has 0 saturated heterocycles. The van der Waals surface area contributed by atoms with Crippen LogP contribution in [0.1, 0.15) is 27.0 Å². The Hall–Kier alpha value is -2.72. The van der Waals surface area contributed by atoms with Crippen molar-refractivity contribution in [1.82, 2.24) is 5.32 Å². The van der Waals surface area contributed by atoms with E-state index in [2.05, 4.69) is 17.4 Å². The van der Waals surface area contributed by atoms with Crippen molar-refractivity contribution in [3.63, 3.8) is 0 Å². The fourth-order valence-corrected chi connectivity index (χ4v) is 4.68. The van der Waals surface area contributed by atoms with E-state index in [1.54, 1.807) is 18.9 Å². The number of nitrogens with one attached hydrogen (secondary N) is 1. The Bertz CT molecular complexity index is 942. The maximum atomic E-state index is 12.7. The number of fused-ring (bicyclic) bond motifs is 1. The summed E-state index contributed by atoms with van der Waals surface area (Å²) < 4.78 is 5.42. The molecule has 0 aliphatic carbocycles. The van der Waals surface area contributed by atoms with Crippen LogP contribution in [-0.2, 0) is 10.6 Å². The molecule has 4 heteroatoms. The predicted molar refractivity (Wildman–Crippen MR) is 105 cm³/mol. The minimum Gasteiger partial charge on any atom is -0.497 e. The monoisotopic (exact) mass is 361 g/mol. The first-order valence-corrected chi connectivity index (χ1v) is 9.46. The first-order chi connectivity index (χ1) is 12.7. The normalized spacial score (nSPS) is 18.3. The highest BCUT2D eigenvalue weighted by Gasteiger charge is 2.44. The van der Waals surface area contributed by atoms with Crippen molar-refractivity contribution < 1.29 is 9.53 Å². The topological polar surface area (TPSA) is 38.3 Å². The van der Waals surface area contributed by atoms with Crippen molar-refractivity contribution in [2.24, 2.45) is 0 Å². The summed E-state index contributed by atoms with van der Waals surface area (Å²) in [6.45, 7) is 0. The highest BCUT2D eigenvalue weighted by molar-refractivity contribution is 7.99. The lowest BCUT2D eigenvalue weighted by Crippen LogP contribution is -2.37. The molecule has 130 valence electrons. The summed E-state index contributed by atoms with van der Waals surface area (Å²) >= 11 is 1.72. The van der Waals surface area contributed by atoms with E-state index in [0.717, 1.165) is 28.2 Å². The number of benzene rings is 3. The Kier molecular flexibility index (Phi) is 4.43. The number of carbonyl (C=O) groups excluding carboxylic acids is 1. The lowest BCUT2D eigenvalue weighted by Gasteiger charge is -2.31. The summed E-state index contributed by atoms with van der Waals surface area (Å²) in [5, 5.41) is 3.24. The van der Waals surface area contributed by atoms with Gasteiger partial charge in [0.05, 0.1) is 7.11 Å². The minimum absolute atomic E-state index is 0.0380. The molecule has 0 fully saturated rings. The van der Waals surface area contributed by atoms with Crippen molar-refractivity contribution in [2.45, 2.75) is 10.6 Å². The molecule has 0 aromatic heterocycles. The smallest absolute Gasteiger partial charge is 0.253 e. The zero-order chi connectivity index (χ0) is 18.0. The van der Waals surface area contributed by atoms with Gasteiger partial charge in [-0.1, -0.05) is 60.7 Å². The number of amides is 1. The number of hydrogen-bond acceptors (Lipinski definition) is 3. The molecule has 1 heterocycles. The second-order valence-electron chi connectivity index (χ2n) is 6.19. The van der Waals surface area contributed by atoms with Crippen molar-refractivity contribution >= 4 is 17.7 Å². The van der Waals surface area contributed by atoms with Crippen LogP contribution >= 0.6 is 11.8 Å². The van der Waals surface area contributed by atoms with Crippen LogP contribution in [0.3, 0.4) is 0 Å². The van der Waals surface area contributed by atoms with Crippen molar-refractivity contribution in [2.75, 3.05) is 7.11 Å². The maximum Gasteiger partial charge on any atom is 0.253 e. The Morgan fingerprint density at radius 2 is 1.73 bits per heavy atom. The van der Waals surface area contributed by atoms with Crippen LogP contribution in [0.25, 0.3) is 0 Å². The van der Waals surface area contributed by atoms with Gasteiger partial charge in [0.25, 0.3) is 5.91 Å². The van der Waals surface area contributed by atoms with E-state index in [4.69, 9.17) is 4.74 Å². The summed E-state index contributed by atoms with van der Waals surface area (Å²) in [5.74, 6) is 1.52. The lowest BCUT2D eigenvalue weighted by atomic mass is 9.97. The fraction of sp³-hybridized carbons (Fsp3) is 0.136. The highest BCUT2D eigenvalue weighted by Crippen LogP contribution is 2.47. The molecule has 3 aromatic rings. The van der Waals surface area contributed by atoms with E-state index in [0.29, 0.717) is 0 Å². The van der Waals surface area contributed by atoms with Gasteiger partial charge in [0.15, 0.2) is 0 Å². The van der Waals surface area contributed by atoms with E-state index in [1.165, 1.54) is 5.56 Å². The zero-order valence-electron chi connectivity index (χ0n) is 14.4. The van der Waals surface area contributed by atoms with E-state index in [9.17, 15) is 4.79 Å². The van der Waals surface area contributed by atoms with Gasteiger partial charge in [-0.15, -0.1) is 11.8 Å². The van der Waals surface area contributed by atoms with Gasteiger partial charge < -0.3 is 10.1 Å². The van der Waals surface area contributed by atoms with Gasteiger partial charge in [0, 0.05) is 16.9 Å². The van der Waals surface area contributed by atoms with Gasteiger partial charge in [-0.2, -0.15) is 0 Å². The predicted octanol–water partition coefficient (Wildman–Crippen LogP) is 4.57. The maximum absolute atomic E-state index is 12.7. The lowest BCUT2D eigenvalue weighted by molar-refractivity contribution is 0.0956. The largest absolute Gasteiger partial charge is 0.497 e.